The summed E-state index contributed by atoms with van der Waals surface area (Å²) in [4.78, 5) is 2.61. The normalized spacial score (nSPS) is 12.6. The summed E-state index contributed by atoms with van der Waals surface area (Å²) in [6, 6.07) is 82.9. The zero-order valence-corrected chi connectivity index (χ0v) is 39.0. The van der Waals surface area contributed by atoms with Crippen LogP contribution < -0.4 is 26.0 Å². The minimum Gasteiger partial charge on any atom is -0.458 e. The second-order valence-corrected chi connectivity index (χ2v) is 19.0. The quantitative estimate of drug-likeness (QED) is 0.106. The first kappa shape index (κ1) is 40.5. The van der Waals surface area contributed by atoms with Crippen LogP contribution in [0.1, 0.15) is 31.7 Å². The number of hydrogen-bond acceptors (Lipinski definition) is 2. The molecule has 2 aromatic heterocycles. The van der Waals surface area contributed by atoms with Gasteiger partial charge in [-0.1, -0.05) is 184 Å². The summed E-state index contributed by atoms with van der Waals surface area (Å²) in [5.41, 5.74) is 20.0. The Bertz CT molecular complexity index is 3850. The topological polar surface area (TPSA) is 22.3 Å². The van der Waals surface area contributed by atoms with Gasteiger partial charge >= 0.3 is 0 Å². The van der Waals surface area contributed by atoms with E-state index in [9.17, 15) is 0 Å². The smallest absolute Gasteiger partial charge is 0.256 e. The predicted molar refractivity (Wildman–Crippen MR) is 295 cm³/mol. The van der Waals surface area contributed by atoms with E-state index in [0.29, 0.717) is 0 Å². The van der Waals surface area contributed by atoms with Crippen LogP contribution in [0.3, 0.4) is 0 Å². The molecule has 5 heteroatoms. The van der Waals surface area contributed by atoms with E-state index in [1.165, 1.54) is 99.9 Å². The number of hydrogen-bond donors (Lipinski definition) is 0. The fourth-order valence-electron chi connectivity index (χ4n) is 11.9. The lowest BCUT2D eigenvalue weighted by atomic mass is 9.34. The van der Waals surface area contributed by atoms with Crippen molar-refractivity contribution < 1.29 is 4.74 Å². The number of rotatable bonds is 9. The van der Waals surface area contributed by atoms with E-state index in [2.05, 4.69) is 245 Å². The van der Waals surface area contributed by atoms with Crippen molar-refractivity contribution in [3.8, 4) is 45.1 Å². The van der Waals surface area contributed by atoms with E-state index in [-0.39, 0.29) is 6.71 Å². The molecule has 10 aromatic carbocycles. The molecular formula is C65H48BN3O. The van der Waals surface area contributed by atoms with Crippen molar-refractivity contribution in [1.82, 2.24) is 9.13 Å². The van der Waals surface area contributed by atoms with Crippen LogP contribution in [0.15, 0.2) is 224 Å². The highest BCUT2D eigenvalue weighted by molar-refractivity contribution is 6.99. The van der Waals surface area contributed by atoms with Gasteiger partial charge in [0.2, 0.25) is 0 Å². The molecule has 0 radical (unpaired) electrons. The summed E-state index contributed by atoms with van der Waals surface area (Å²) in [5.74, 6) is 1.83. The number of nitrogens with zero attached hydrogens (tertiary/aromatic N) is 3. The van der Waals surface area contributed by atoms with E-state index in [1.807, 2.05) is 0 Å². The summed E-state index contributed by atoms with van der Waals surface area (Å²) in [6.45, 7) is 2.20. The first-order valence-electron chi connectivity index (χ1n) is 24.9. The van der Waals surface area contributed by atoms with Crippen molar-refractivity contribution in [3.05, 3.63) is 230 Å². The summed E-state index contributed by atoms with van der Waals surface area (Å²) >= 11 is 0. The van der Waals surface area contributed by atoms with Crippen LogP contribution in [-0.4, -0.2) is 15.8 Å². The van der Waals surface area contributed by atoms with Crippen LogP contribution in [0.4, 0.5) is 17.1 Å². The zero-order chi connectivity index (χ0) is 46.3. The summed E-state index contributed by atoms with van der Waals surface area (Å²) in [5, 5.41) is 4.99. The molecule has 0 N–H and O–H groups in total. The van der Waals surface area contributed by atoms with Gasteiger partial charge in [0.05, 0.1) is 27.8 Å². The maximum absolute atomic E-state index is 7.40. The second kappa shape index (κ2) is 16.3. The van der Waals surface area contributed by atoms with Crippen molar-refractivity contribution >= 4 is 83.8 Å². The Balaban J connectivity index is 1.07. The van der Waals surface area contributed by atoms with Crippen LogP contribution in [0, 0.1) is 0 Å². The van der Waals surface area contributed by atoms with Gasteiger partial charge in [0.25, 0.3) is 6.71 Å². The van der Waals surface area contributed by atoms with Gasteiger partial charge in [0, 0.05) is 61.5 Å². The molecule has 14 rings (SSSR count). The Labute approximate surface area is 408 Å². The van der Waals surface area contributed by atoms with Gasteiger partial charge in [-0.15, -0.1) is 0 Å². The summed E-state index contributed by atoms with van der Waals surface area (Å²) < 4.78 is 12.3. The van der Waals surface area contributed by atoms with E-state index in [0.717, 1.165) is 53.5 Å². The molecule has 0 aliphatic carbocycles. The van der Waals surface area contributed by atoms with Gasteiger partial charge in [-0.3, -0.25) is 0 Å². The van der Waals surface area contributed by atoms with Gasteiger partial charge in [-0.25, -0.2) is 0 Å². The Morgan fingerprint density at radius 1 is 0.414 bits per heavy atom. The maximum atomic E-state index is 7.40. The number of anilines is 3. The molecule has 0 amide bonds. The molecular weight excluding hydrogens is 850 g/mol. The summed E-state index contributed by atoms with van der Waals surface area (Å²) in [6.07, 6.45) is 4.40. The number of ether oxygens (including phenoxy) is 1. The van der Waals surface area contributed by atoms with Crippen LogP contribution in [-0.2, 0) is 6.42 Å². The number of fused-ring (bicyclic) bond motifs is 10. The second-order valence-electron chi connectivity index (χ2n) is 19.0. The van der Waals surface area contributed by atoms with Gasteiger partial charge in [-0.2, -0.15) is 0 Å². The van der Waals surface area contributed by atoms with Crippen LogP contribution in [0.2, 0.25) is 0 Å². The fraction of sp³-hybridized carbons (Fsp3) is 0.0769. The van der Waals surface area contributed by atoms with E-state index in [4.69, 9.17) is 4.74 Å². The predicted octanol–water partition coefficient (Wildman–Crippen LogP) is 15.4. The van der Waals surface area contributed by atoms with Gasteiger partial charge < -0.3 is 18.8 Å². The third-order valence-corrected chi connectivity index (χ3v) is 15.0. The van der Waals surface area contributed by atoms with Gasteiger partial charge in [0.1, 0.15) is 11.5 Å². The highest BCUT2D eigenvalue weighted by Crippen LogP contribution is 2.50. The van der Waals surface area contributed by atoms with Crippen LogP contribution >= 0.6 is 0 Å². The molecule has 0 bridgehead atoms. The number of para-hydroxylation sites is 5. The molecule has 4 nitrogen and oxygen atoms in total. The van der Waals surface area contributed by atoms with Gasteiger partial charge in [0.15, 0.2) is 0 Å². The molecule has 0 spiro atoms. The van der Waals surface area contributed by atoms with Crippen molar-refractivity contribution in [2.24, 2.45) is 0 Å². The zero-order valence-electron chi connectivity index (χ0n) is 39.0. The molecule has 0 atom stereocenters. The molecule has 12 aromatic rings. The SMILES string of the molecule is CCCCCc1cc2c3c(c1)N(c1c(-c4ccccc4)cccc1-c1ccccc1)c1cc(-n4c5ccccc5c5ccccc54)ccc1B3c1ccc(-n3c4ccccc4c4ccccc43)cc1O2. The Morgan fingerprint density at radius 2 is 0.914 bits per heavy atom. The van der Waals surface area contributed by atoms with Crippen molar-refractivity contribution in [1.29, 1.82) is 0 Å². The molecule has 0 unspecified atom stereocenters. The lowest BCUT2D eigenvalue weighted by Gasteiger charge is -2.42. The molecule has 0 saturated heterocycles. The fourth-order valence-corrected chi connectivity index (χ4v) is 11.9. The highest BCUT2D eigenvalue weighted by atomic mass is 16.5. The van der Waals surface area contributed by atoms with Gasteiger partial charge in [-0.05, 0) is 101 Å². The minimum absolute atomic E-state index is 0.0897. The van der Waals surface area contributed by atoms with E-state index in [1.54, 1.807) is 0 Å². The lowest BCUT2D eigenvalue weighted by Crippen LogP contribution is -2.59. The minimum atomic E-state index is -0.0897. The highest BCUT2D eigenvalue weighted by Gasteiger charge is 2.43. The van der Waals surface area contributed by atoms with Crippen molar-refractivity contribution in [3.63, 3.8) is 0 Å². The largest absolute Gasteiger partial charge is 0.458 e. The third-order valence-electron chi connectivity index (χ3n) is 15.0. The number of benzene rings is 10. The van der Waals surface area contributed by atoms with E-state index >= 15 is 0 Å². The average molecular weight is 898 g/mol. The molecule has 70 heavy (non-hydrogen) atoms. The monoisotopic (exact) mass is 897 g/mol. The molecule has 2 aliphatic heterocycles. The van der Waals surface area contributed by atoms with Crippen molar-refractivity contribution in [2.45, 2.75) is 32.6 Å². The van der Waals surface area contributed by atoms with E-state index < -0.39 is 0 Å². The third kappa shape index (κ3) is 6.24. The number of unbranched alkanes of at least 4 members (excludes halogenated alkanes) is 2. The van der Waals surface area contributed by atoms with Crippen molar-refractivity contribution in [2.75, 3.05) is 4.90 Å². The molecule has 2 aliphatic rings. The Hall–Kier alpha value is -8.54. The first-order chi connectivity index (χ1) is 34.7. The van der Waals surface area contributed by atoms with Crippen LogP contribution in [0.5, 0.6) is 11.5 Å². The molecule has 332 valence electrons. The molecule has 4 heterocycles. The maximum Gasteiger partial charge on any atom is 0.256 e. The lowest BCUT2D eigenvalue weighted by molar-refractivity contribution is 0.486. The Kier molecular flexibility index (Phi) is 9.45. The first-order valence-corrected chi connectivity index (χ1v) is 24.9. The molecule has 0 fully saturated rings. The standard InChI is InChI=1S/C65H48BN3O/c1-2-3-6-20-43-39-61-64-63(40-43)70-62-42-47(68-58-33-17-13-27-52(58)53-28-14-18-34-59(53)68)36-38-55(62)66(64)54-37-35-46(67-56-31-15-11-25-50(56)51-26-12-16-32-57(51)67)41-60(54)69(61)65-48(44-21-7-4-8-22-44)29-19-30-49(65)45-23-9-5-10-24-45/h4-5,7-19,21-42H,2-3,6,20H2,1H3. The average Bonchev–Trinajstić information content (AvgIpc) is 3.94. The number of aromatic nitrogens is 2. The Morgan fingerprint density at radius 3 is 1.46 bits per heavy atom. The molecule has 0 saturated carbocycles. The number of aryl methyl sites for hydroxylation is 1. The van der Waals surface area contributed by atoms with Crippen LogP contribution in [0.25, 0.3) is 77.2 Å². The summed E-state index contributed by atoms with van der Waals surface area (Å²) in [7, 11) is 0.